The normalized spacial score (nSPS) is 10.8. The van der Waals surface area contributed by atoms with Gasteiger partial charge in [0.2, 0.25) is 0 Å². The van der Waals surface area contributed by atoms with Crippen molar-refractivity contribution < 1.29 is 26.1 Å². The molecule has 0 spiro atoms. The maximum atomic E-state index is 11.9. The summed E-state index contributed by atoms with van der Waals surface area (Å²) >= 11 is 0. The molecule has 4 aromatic rings. The van der Waals surface area contributed by atoms with Crippen molar-refractivity contribution in [3.63, 3.8) is 0 Å². The van der Waals surface area contributed by atoms with Crippen LogP contribution >= 0.6 is 0 Å². The number of ketones is 2. The summed E-state index contributed by atoms with van der Waals surface area (Å²) in [6.45, 7) is 3.65. The van der Waals surface area contributed by atoms with Crippen LogP contribution in [-0.4, -0.2) is 23.0 Å². The summed E-state index contributed by atoms with van der Waals surface area (Å²) in [7, 11) is 0. The maximum Gasteiger partial charge on any atom is 2.00 e. The molecule has 0 saturated carbocycles. The minimum absolute atomic E-state index is 0. The van der Waals surface area contributed by atoms with Gasteiger partial charge in [-0.05, 0) is 49.5 Å². The van der Waals surface area contributed by atoms with Crippen LogP contribution < -0.4 is 0 Å². The number of carbonyl (C=O) groups is 2. The fourth-order valence-electron chi connectivity index (χ4n) is 3.23. The minimum atomic E-state index is -0.0206. The van der Waals surface area contributed by atoms with E-state index in [-0.39, 0.29) is 28.1 Å². The molecule has 0 aliphatic heterocycles. The summed E-state index contributed by atoms with van der Waals surface area (Å²) < 4.78 is 0. The number of para-hydroxylation sites is 2. The van der Waals surface area contributed by atoms with Crippen LogP contribution in [0.15, 0.2) is 131 Å². The van der Waals surface area contributed by atoms with Crippen molar-refractivity contribution in [3.05, 3.63) is 145 Å². The molecule has 0 amide bonds. The molecule has 0 saturated heterocycles. The second-order valence-corrected chi connectivity index (χ2v) is 7.93. The molecule has 0 N–H and O–H groups in total. The number of carbonyl (C=O) groups excluding carboxylic acids is 2. The number of benzene rings is 4. The van der Waals surface area contributed by atoms with Gasteiger partial charge in [0.15, 0.2) is 0 Å². The van der Waals surface area contributed by atoms with E-state index in [0.717, 1.165) is 11.4 Å². The second-order valence-electron chi connectivity index (χ2n) is 7.93. The quantitative estimate of drug-likeness (QED) is 0.101. The zero-order valence-electron chi connectivity index (χ0n) is 20.7. The van der Waals surface area contributed by atoms with Crippen LogP contribution in [0.1, 0.15) is 34.6 Å². The Morgan fingerprint density at radius 3 is 1.05 bits per heavy atom. The number of Topliss-reactive ketones (excluding diaryl/α,β-unsaturated/α-hetero) is 2. The SMILES string of the molecule is CC([CH-]C(=O)c1ccccc1)=Nc1ccccc1.CC([CH-]C(=O)c1ccccc1)=Nc1ccccc1.[Ni+2]. The van der Waals surface area contributed by atoms with Crippen LogP contribution in [0, 0.1) is 12.8 Å². The first-order chi connectivity index (χ1) is 17.5. The number of aliphatic imine (C=N–C) groups is 2. The van der Waals surface area contributed by atoms with E-state index in [0.29, 0.717) is 22.6 Å². The third kappa shape index (κ3) is 10.5. The van der Waals surface area contributed by atoms with Gasteiger partial charge >= 0.3 is 16.5 Å². The van der Waals surface area contributed by atoms with Gasteiger partial charge in [-0.25, -0.2) is 0 Å². The zero-order chi connectivity index (χ0) is 25.6. The molecule has 4 rings (SSSR count). The van der Waals surface area contributed by atoms with E-state index in [9.17, 15) is 9.59 Å². The van der Waals surface area contributed by atoms with E-state index in [4.69, 9.17) is 0 Å². The molecule has 4 aromatic carbocycles. The van der Waals surface area contributed by atoms with Gasteiger partial charge in [-0.15, -0.1) is 48.2 Å². The van der Waals surface area contributed by atoms with E-state index in [1.807, 2.05) is 111 Å². The Hall–Kier alpha value is -4.21. The van der Waals surface area contributed by atoms with E-state index in [1.165, 1.54) is 0 Å². The third-order valence-corrected chi connectivity index (χ3v) is 4.92. The van der Waals surface area contributed by atoms with Crippen LogP contribution in [0.4, 0.5) is 11.4 Å². The van der Waals surface area contributed by atoms with Gasteiger partial charge in [-0.2, -0.15) is 0 Å². The van der Waals surface area contributed by atoms with Crippen LogP contribution in [-0.2, 0) is 16.5 Å². The number of hydrogen-bond acceptors (Lipinski definition) is 4. The molecule has 0 aliphatic carbocycles. The molecule has 0 heterocycles. The molecular weight excluding hydrogens is 503 g/mol. The van der Waals surface area contributed by atoms with E-state index in [2.05, 4.69) is 9.98 Å². The van der Waals surface area contributed by atoms with Gasteiger partial charge in [0.1, 0.15) is 0 Å². The Labute approximate surface area is 229 Å². The maximum absolute atomic E-state index is 11.9. The minimum Gasteiger partial charge on any atom is -0.331 e. The van der Waals surface area contributed by atoms with E-state index >= 15 is 0 Å². The molecule has 0 unspecified atom stereocenters. The first-order valence-corrected chi connectivity index (χ1v) is 11.6. The Kier molecular flexibility index (Phi) is 12.3. The molecule has 0 atom stereocenters. The zero-order valence-corrected chi connectivity index (χ0v) is 21.7. The first-order valence-electron chi connectivity index (χ1n) is 11.6. The molecule has 0 radical (unpaired) electrons. The average Bonchev–Trinajstić information content (AvgIpc) is 2.91. The van der Waals surface area contributed by atoms with Gasteiger partial charge in [-0.1, -0.05) is 72.8 Å². The van der Waals surface area contributed by atoms with E-state index < -0.39 is 0 Å². The third-order valence-electron chi connectivity index (χ3n) is 4.92. The number of rotatable bonds is 8. The Morgan fingerprint density at radius 2 is 0.757 bits per heavy atom. The monoisotopic (exact) mass is 530 g/mol. The second kappa shape index (κ2) is 15.7. The molecule has 37 heavy (non-hydrogen) atoms. The van der Waals surface area contributed by atoms with Crippen molar-refractivity contribution in [2.45, 2.75) is 13.8 Å². The summed E-state index contributed by atoms with van der Waals surface area (Å²) in [6.07, 6.45) is 3.12. The number of hydrogen-bond donors (Lipinski definition) is 0. The van der Waals surface area contributed by atoms with Gasteiger partial charge in [-0.3, -0.25) is 9.98 Å². The van der Waals surface area contributed by atoms with Crippen LogP contribution in [0.5, 0.6) is 0 Å². The predicted molar refractivity (Wildman–Crippen MR) is 149 cm³/mol. The molecular formula is C32H28N2NiO2. The van der Waals surface area contributed by atoms with Crippen molar-refractivity contribution in [1.29, 1.82) is 0 Å². The van der Waals surface area contributed by atoms with Gasteiger partial charge in [0, 0.05) is 11.6 Å². The Bertz CT molecular complexity index is 1200. The summed E-state index contributed by atoms with van der Waals surface area (Å²) in [5, 5.41) is 0. The molecule has 188 valence electrons. The largest absolute Gasteiger partial charge is 2.00 e. The number of nitrogens with zero attached hydrogens (tertiary/aromatic N) is 2. The van der Waals surface area contributed by atoms with Gasteiger partial charge in [0.25, 0.3) is 0 Å². The van der Waals surface area contributed by atoms with E-state index in [1.54, 1.807) is 37.1 Å². The standard InChI is InChI=1S/2C16H14NO.Ni/c2*1-13(17-15-10-6-3-7-11-15)12-16(18)14-8-4-2-5-9-14;/h2*2-12H,1H3;/q2*-1;+2. The smallest absolute Gasteiger partial charge is 0.331 e. The summed E-state index contributed by atoms with van der Waals surface area (Å²) in [6, 6.07) is 37.6. The fraction of sp³-hybridized carbons (Fsp3) is 0.0625. The van der Waals surface area contributed by atoms with Gasteiger partial charge < -0.3 is 9.59 Å². The van der Waals surface area contributed by atoms with Crippen molar-refractivity contribution in [2.24, 2.45) is 9.98 Å². The Balaban J connectivity index is 0.000000253. The first kappa shape index (κ1) is 29.0. The van der Waals surface area contributed by atoms with Crippen molar-refractivity contribution in [3.8, 4) is 0 Å². The van der Waals surface area contributed by atoms with Crippen molar-refractivity contribution in [1.82, 2.24) is 0 Å². The van der Waals surface area contributed by atoms with Crippen LogP contribution in [0.25, 0.3) is 0 Å². The fourth-order valence-corrected chi connectivity index (χ4v) is 3.23. The summed E-state index contributed by atoms with van der Waals surface area (Å²) in [5.74, 6) is -0.0411. The van der Waals surface area contributed by atoms with Crippen LogP contribution in [0.2, 0.25) is 0 Å². The van der Waals surface area contributed by atoms with Crippen molar-refractivity contribution >= 4 is 34.4 Å². The molecule has 4 nitrogen and oxygen atoms in total. The predicted octanol–water partition coefficient (Wildman–Crippen LogP) is 7.73. The molecule has 0 bridgehead atoms. The van der Waals surface area contributed by atoms with Crippen molar-refractivity contribution in [2.75, 3.05) is 0 Å². The molecule has 5 heteroatoms. The van der Waals surface area contributed by atoms with Crippen LogP contribution in [0.3, 0.4) is 0 Å². The summed E-state index contributed by atoms with van der Waals surface area (Å²) in [4.78, 5) is 32.5. The summed E-state index contributed by atoms with van der Waals surface area (Å²) in [5.41, 5.74) is 4.48. The average molecular weight is 531 g/mol. The van der Waals surface area contributed by atoms with Gasteiger partial charge in [0.05, 0.1) is 11.4 Å². The topological polar surface area (TPSA) is 58.9 Å². The molecule has 0 aromatic heterocycles. The molecule has 0 aliphatic rings. The molecule has 0 fully saturated rings. The Morgan fingerprint density at radius 1 is 0.486 bits per heavy atom.